The first-order chi connectivity index (χ1) is 17.3. The normalized spacial score (nSPS) is 13.0. The fourth-order valence-electron chi connectivity index (χ4n) is 6.30. The van der Waals surface area contributed by atoms with Gasteiger partial charge in [0, 0.05) is 5.92 Å². The van der Waals surface area contributed by atoms with Crippen molar-refractivity contribution >= 4 is 43.1 Å². The molecule has 0 bridgehead atoms. The van der Waals surface area contributed by atoms with Gasteiger partial charge in [-0.1, -0.05) is 97.1 Å². The first-order valence-electron chi connectivity index (χ1n) is 12.3. The molecule has 7 aromatic carbocycles. The van der Waals surface area contributed by atoms with Gasteiger partial charge in [-0.3, -0.25) is 0 Å². The lowest BCUT2D eigenvalue weighted by molar-refractivity contribution is 1.05. The second-order valence-corrected chi connectivity index (χ2v) is 9.74. The minimum absolute atomic E-state index is 0.185. The standard InChI is InChI=1S/C35H22/c1-3-11-24-20-32-30(18-22(24)9-1)31-19-23-10-2-4-12-25(23)21-33(31)35(32)34-28-15-7-5-13-26(28)17-27-14-6-8-16-29(27)34/h1-21,35H. The molecule has 0 saturated heterocycles. The highest BCUT2D eigenvalue weighted by Crippen LogP contribution is 2.53. The van der Waals surface area contributed by atoms with Crippen LogP contribution in [0.5, 0.6) is 0 Å². The van der Waals surface area contributed by atoms with E-state index in [-0.39, 0.29) is 5.92 Å². The predicted octanol–water partition coefficient (Wildman–Crippen LogP) is 9.46. The maximum atomic E-state index is 2.44. The van der Waals surface area contributed by atoms with E-state index in [1.807, 2.05) is 0 Å². The first kappa shape index (κ1) is 18.9. The molecule has 0 nitrogen and oxygen atoms in total. The molecule has 0 N–H and O–H groups in total. The fraction of sp³-hybridized carbons (Fsp3) is 0.0286. The lowest BCUT2D eigenvalue weighted by Crippen LogP contribution is -2.02. The van der Waals surface area contributed by atoms with Crippen LogP contribution in [0, 0.1) is 0 Å². The van der Waals surface area contributed by atoms with Crippen molar-refractivity contribution in [2.45, 2.75) is 5.92 Å². The quantitative estimate of drug-likeness (QED) is 0.222. The Labute approximate surface area is 204 Å². The van der Waals surface area contributed by atoms with Crippen molar-refractivity contribution in [1.29, 1.82) is 0 Å². The Kier molecular flexibility index (Phi) is 3.81. The summed E-state index contributed by atoms with van der Waals surface area (Å²) in [6, 6.07) is 47.3. The average molecular weight is 443 g/mol. The topological polar surface area (TPSA) is 0 Å². The number of fused-ring (bicyclic) bond motifs is 7. The molecule has 162 valence electrons. The van der Waals surface area contributed by atoms with E-state index in [0.717, 1.165) is 0 Å². The number of rotatable bonds is 1. The van der Waals surface area contributed by atoms with Gasteiger partial charge in [-0.2, -0.15) is 0 Å². The zero-order valence-electron chi connectivity index (χ0n) is 19.2. The minimum atomic E-state index is 0.185. The van der Waals surface area contributed by atoms with Crippen LogP contribution in [0.4, 0.5) is 0 Å². The van der Waals surface area contributed by atoms with E-state index < -0.39 is 0 Å². The third-order valence-corrected chi connectivity index (χ3v) is 7.85. The van der Waals surface area contributed by atoms with E-state index in [1.54, 1.807) is 0 Å². The SMILES string of the molecule is c1ccc2cc3c(cc2c1)-c1cc2ccccc2cc1C3c1c2ccccc2cc2ccccc12. The average Bonchev–Trinajstić information content (AvgIpc) is 3.21. The molecule has 0 fully saturated rings. The molecule has 8 rings (SSSR count). The van der Waals surface area contributed by atoms with Gasteiger partial charge in [0.05, 0.1) is 0 Å². The molecule has 0 unspecified atom stereocenters. The monoisotopic (exact) mass is 442 g/mol. The molecule has 0 heteroatoms. The van der Waals surface area contributed by atoms with E-state index in [0.29, 0.717) is 0 Å². The largest absolute Gasteiger partial charge is 0.0616 e. The van der Waals surface area contributed by atoms with Gasteiger partial charge >= 0.3 is 0 Å². The van der Waals surface area contributed by atoms with Gasteiger partial charge < -0.3 is 0 Å². The van der Waals surface area contributed by atoms with Gasteiger partial charge in [-0.15, -0.1) is 0 Å². The van der Waals surface area contributed by atoms with Crippen LogP contribution in [0.1, 0.15) is 22.6 Å². The lowest BCUT2D eigenvalue weighted by atomic mass is 9.82. The summed E-state index contributed by atoms with van der Waals surface area (Å²) >= 11 is 0. The summed E-state index contributed by atoms with van der Waals surface area (Å²) in [5, 5.41) is 10.5. The van der Waals surface area contributed by atoms with Crippen LogP contribution in [0.15, 0.2) is 127 Å². The molecular formula is C35H22. The van der Waals surface area contributed by atoms with Gasteiger partial charge in [-0.05, 0) is 101 Å². The molecule has 35 heavy (non-hydrogen) atoms. The molecule has 0 radical (unpaired) electrons. The molecule has 0 amide bonds. The number of hydrogen-bond acceptors (Lipinski definition) is 0. The third kappa shape index (κ3) is 2.68. The van der Waals surface area contributed by atoms with Crippen LogP contribution in [0.25, 0.3) is 54.2 Å². The van der Waals surface area contributed by atoms with E-state index >= 15 is 0 Å². The van der Waals surface area contributed by atoms with Crippen molar-refractivity contribution in [3.05, 3.63) is 144 Å². The van der Waals surface area contributed by atoms with Gasteiger partial charge in [-0.25, -0.2) is 0 Å². The molecule has 0 heterocycles. The highest BCUT2D eigenvalue weighted by molar-refractivity contribution is 6.06. The smallest absolute Gasteiger partial charge is 0.0365 e. The molecule has 7 aromatic rings. The molecule has 1 aliphatic carbocycles. The Hall–Kier alpha value is -4.42. The maximum absolute atomic E-state index is 2.44. The molecule has 0 aromatic heterocycles. The molecule has 0 aliphatic heterocycles. The summed E-state index contributed by atoms with van der Waals surface area (Å²) in [5.74, 6) is 0.185. The number of benzene rings is 7. The van der Waals surface area contributed by atoms with Crippen LogP contribution in [0.2, 0.25) is 0 Å². The van der Waals surface area contributed by atoms with Gasteiger partial charge in [0.1, 0.15) is 0 Å². The Morgan fingerprint density at radius 1 is 0.343 bits per heavy atom. The van der Waals surface area contributed by atoms with Crippen molar-refractivity contribution in [1.82, 2.24) is 0 Å². The van der Waals surface area contributed by atoms with Crippen LogP contribution in [0.3, 0.4) is 0 Å². The zero-order valence-corrected chi connectivity index (χ0v) is 19.2. The molecule has 0 spiro atoms. The molecule has 0 atom stereocenters. The van der Waals surface area contributed by atoms with Crippen LogP contribution < -0.4 is 0 Å². The van der Waals surface area contributed by atoms with E-state index in [4.69, 9.17) is 0 Å². The number of hydrogen-bond donors (Lipinski definition) is 0. The first-order valence-corrected chi connectivity index (χ1v) is 12.3. The summed E-state index contributed by atoms with van der Waals surface area (Å²) in [6.07, 6.45) is 0. The second kappa shape index (κ2) is 7.04. The summed E-state index contributed by atoms with van der Waals surface area (Å²) in [4.78, 5) is 0. The minimum Gasteiger partial charge on any atom is -0.0616 e. The molecule has 1 aliphatic rings. The Morgan fingerprint density at radius 3 is 1.17 bits per heavy atom. The van der Waals surface area contributed by atoms with E-state index in [1.165, 1.54) is 70.9 Å². The van der Waals surface area contributed by atoms with E-state index in [2.05, 4.69) is 127 Å². The Balaban J connectivity index is 1.57. The van der Waals surface area contributed by atoms with E-state index in [9.17, 15) is 0 Å². The highest BCUT2D eigenvalue weighted by atomic mass is 14.4. The maximum Gasteiger partial charge on any atom is 0.0365 e. The van der Waals surface area contributed by atoms with Crippen molar-refractivity contribution in [2.24, 2.45) is 0 Å². The van der Waals surface area contributed by atoms with Gasteiger partial charge in [0.15, 0.2) is 0 Å². The Bertz CT molecular complexity index is 1820. The summed E-state index contributed by atoms with van der Waals surface area (Å²) in [7, 11) is 0. The summed E-state index contributed by atoms with van der Waals surface area (Å²) < 4.78 is 0. The van der Waals surface area contributed by atoms with Crippen molar-refractivity contribution < 1.29 is 0 Å². The zero-order chi connectivity index (χ0) is 22.9. The van der Waals surface area contributed by atoms with Crippen LogP contribution in [-0.4, -0.2) is 0 Å². The molecular weight excluding hydrogens is 420 g/mol. The van der Waals surface area contributed by atoms with Crippen molar-refractivity contribution in [3.8, 4) is 11.1 Å². The molecule has 0 saturated carbocycles. The fourth-order valence-corrected chi connectivity index (χ4v) is 6.30. The predicted molar refractivity (Wildman–Crippen MR) is 149 cm³/mol. The second-order valence-electron chi connectivity index (χ2n) is 9.74. The van der Waals surface area contributed by atoms with Crippen LogP contribution in [-0.2, 0) is 0 Å². The van der Waals surface area contributed by atoms with Crippen molar-refractivity contribution in [3.63, 3.8) is 0 Å². The third-order valence-electron chi connectivity index (χ3n) is 7.85. The van der Waals surface area contributed by atoms with Gasteiger partial charge in [0.2, 0.25) is 0 Å². The van der Waals surface area contributed by atoms with Gasteiger partial charge in [0.25, 0.3) is 0 Å². The van der Waals surface area contributed by atoms with Crippen LogP contribution >= 0.6 is 0 Å². The Morgan fingerprint density at radius 2 is 0.714 bits per heavy atom. The summed E-state index contributed by atoms with van der Waals surface area (Å²) in [6.45, 7) is 0. The highest BCUT2D eigenvalue weighted by Gasteiger charge is 2.33. The lowest BCUT2D eigenvalue weighted by Gasteiger charge is -2.20. The van der Waals surface area contributed by atoms with Crippen molar-refractivity contribution in [2.75, 3.05) is 0 Å². The summed E-state index contributed by atoms with van der Waals surface area (Å²) in [5.41, 5.74) is 6.98.